The molecule has 0 aliphatic heterocycles. The zero-order valence-corrected chi connectivity index (χ0v) is 30.8. The van der Waals surface area contributed by atoms with E-state index in [-0.39, 0.29) is 0 Å². The van der Waals surface area contributed by atoms with Crippen molar-refractivity contribution in [1.82, 2.24) is 0 Å². The molecule has 10 aromatic carbocycles. The van der Waals surface area contributed by atoms with Crippen molar-refractivity contribution in [1.29, 1.82) is 0 Å². The SMILES string of the molecule is c1ccc2c(-c3c4ccccc4c(-c4ccc(-c5ccc6sc7ccc8c(sc9ccc%10ccccc%10c98)c7c6c5)cc4)c4ccccc34)cccc2c1. The summed E-state index contributed by atoms with van der Waals surface area (Å²) in [6, 6.07) is 67.7. The van der Waals surface area contributed by atoms with E-state index < -0.39 is 0 Å². The number of thiophene rings is 2. The summed E-state index contributed by atoms with van der Waals surface area (Å²) in [6.45, 7) is 0. The molecule has 12 rings (SSSR count). The van der Waals surface area contributed by atoms with E-state index in [1.165, 1.54) is 117 Å². The molecule has 2 heterocycles. The Labute approximate surface area is 319 Å². The first-order chi connectivity index (χ1) is 26.8. The predicted molar refractivity (Wildman–Crippen MR) is 239 cm³/mol. The minimum Gasteiger partial charge on any atom is -0.135 e. The number of rotatable bonds is 3. The zero-order valence-electron chi connectivity index (χ0n) is 29.1. The fourth-order valence-corrected chi connectivity index (χ4v) is 11.5. The summed E-state index contributed by atoms with van der Waals surface area (Å²) < 4.78 is 5.44. The quantitative estimate of drug-likeness (QED) is 0.160. The molecule has 0 nitrogen and oxygen atoms in total. The molecule has 12 aromatic rings. The molecule has 0 N–H and O–H groups in total. The maximum Gasteiger partial charge on any atom is 0.0448 e. The second-order valence-corrected chi connectivity index (χ2v) is 16.5. The highest BCUT2D eigenvalue weighted by atomic mass is 32.1. The smallest absolute Gasteiger partial charge is 0.0448 e. The van der Waals surface area contributed by atoms with Gasteiger partial charge >= 0.3 is 0 Å². The third-order valence-corrected chi connectivity index (χ3v) is 13.8. The molecule has 0 aliphatic rings. The molecule has 250 valence electrons. The zero-order chi connectivity index (χ0) is 35.3. The molecule has 0 fully saturated rings. The highest BCUT2D eigenvalue weighted by Crippen LogP contribution is 2.48. The van der Waals surface area contributed by atoms with E-state index in [0.29, 0.717) is 0 Å². The fourth-order valence-electron chi connectivity index (χ4n) is 9.05. The van der Waals surface area contributed by atoms with Crippen LogP contribution in [0.2, 0.25) is 0 Å². The van der Waals surface area contributed by atoms with E-state index in [0.717, 1.165) is 0 Å². The topological polar surface area (TPSA) is 0 Å². The van der Waals surface area contributed by atoms with Crippen LogP contribution in [0, 0.1) is 0 Å². The van der Waals surface area contributed by atoms with Gasteiger partial charge < -0.3 is 0 Å². The molecule has 0 bridgehead atoms. The van der Waals surface area contributed by atoms with Crippen molar-refractivity contribution in [3.8, 4) is 33.4 Å². The van der Waals surface area contributed by atoms with Crippen LogP contribution in [0.15, 0.2) is 182 Å². The van der Waals surface area contributed by atoms with Crippen molar-refractivity contribution >= 4 is 106 Å². The van der Waals surface area contributed by atoms with Gasteiger partial charge in [-0.05, 0) is 101 Å². The van der Waals surface area contributed by atoms with E-state index in [9.17, 15) is 0 Å². The lowest BCUT2D eigenvalue weighted by molar-refractivity contribution is 1.64. The molecule has 0 amide bonds. The van der Waals surface area contributed by atoms with Crippen molar-refractivity contribution in [2.45, 2.75) is 0 Å². The molecule has 0 unspecified atom stereocenters. The van der Waals surface area contributed by atoms with Crippen molar-refractivity contribution in [2.75, 3.05) is 0 Å². The Morgan fingerprint density at radius 2 is 0.815 bits per heavy atom. The molecule has 0 saturated carbocycles. The average molecular weight is 719 g/mol. The molecule has 0 spiro atoms. The Hall–Kier alpha value is -6.32. The summed E-state index contributed by atoms with van der Waals surface area (Å²) in [7, 11) is 0. The largest absolute Gasteiger partial charge is 0.135 e. The predicted octanol–water partition coefficient (Wildman–Crippen LogP) is 16.0. The van der Waals surface area contributed by atoms with Gasteiger partial charge in [-0.2, -0.15) is 0 Å². The summed E-state index contributed by atoms with van der Waals surface area (Å²) in [6.07, 6.45) is 0. The molecule has 0 saturated heterocycles. The van der Waals surface area contributed by atoms with Crippen molar-refractivity contribution in [3.05, 3.63) is 182 Å². The van der Waals surface area contributed by atoms with E-state index in [1.54, 1.807) is 0 Å². The molecule has 54 heavy (non-hydrogen) atoms. The van der Waals surface area contributed by atoms with Gasteiger partial charge in [0.2, 0.25) is 0 Å². The summed E-state index contributed by atoms with van der Waals surface area (Å²) in [5.41, 5.74) is 7.58. The second kappa shape index (κ2) is 11.6. The van der Waals surface area contributed by atoms with E-state index in [1.807, 2.05) is 22.7 Å². The third-order valence-electron chi connectivity index (χ3n) is 11.5. The first-order valence-corrected chi connectivity index (χ1v) is 20.1. The molecule has 2 heteroatoms. The summed E-state index contributed by atoms with van der Waals surface area (Å²) >= 11 is 3.84. The van der Waals surface area contributed by atoms with E-state index in [4.69, 9.17) is 0 Å². The van der Waals surface area contributed by atoms with E-state index >= 15 is 0 Å². The Balaban J connectivity index is 1.02. The van der Waals surface area contributed by atoms with Crippen LogP contribution in [0.25, 0.3) is 117 Å². The van der Waals surface area contributed by atoms with Crippen LogP contribution in [-0.2, 0) is 0 Å². The number of hydrogen-bond acceptors (Lipinski definition) is 2. The molecule has 0 aliphatic carbocycles. The molecule has 2 aromatic heterocycles. The van der Waals surface area contributed by atoms with Crippen molar-refractivity contribution in [3.63, 3.8) is 0 Å². The van der Waals surface area contributed by atoms with Crippen LogP contribution >= 0.6 is 22.7 Å². The number of fused-ring (bicyclic) bond motifs is 12. The maximum atomic E-state index is 2.43. The van der Waals surface area contributed by atoms with Crippen LogP contribution in [0.1, 0.15) is 0 Å². The second-order valence-electron chi connectivity index (χ2n) is 14.3. The normalized spacial score (nSPS) is 12.1. The van der Waals surface area contributed by atoms with Gasteiger partial charge in [0, 0.05) is 40.3 Å². The van der Waals surface area contributed by atoms with Crippen LogP contribution < -0.4 is 0 Å². The van der Waals surface area contributed by atoms with Crippen LogP contribution in [0.5, 0.6) is 0 Å². The maximum absolute atomic E-state index is 2.43. The van der Waals surface area contributed by atoms with Gasteiger partial charge in [-0.1, -0.05) is 158 Å². The van der Waals surface area contributed by atoms with Crippen LogP contribution in [0.3, 0.4) is 0 Å². The van der Waals surface area contributed by atoms with Crippen LogP contribution in [-0.4, -0.2) is 0 Å². The van der Waals surface area contributed by atoms with Gasteiger partial charge in [-0.3, -0.25) is 0 Å². The van der Waals surface area contributed by atoms with Gasteiger partial charge in [0.15, 0.2) is 0 Å². The van der Waals surface area contributed by atoms with Crippen LogP contribution in [0.4, 0.5) is 0 Å². The standard InChI is InChI=1S/C52H30S2/c1-3-13-36-32(10-1)12-9-19-38(36)49-41-17-7-5-15-39(41)48(40-16-6-8-18-42(40)49)34-22-20-31(21-23-34)35-25-27-45-44(30-35)51-47(53-45)29-26-43-50-37-14-4-2-11-33(37)24-28-46(50)54-52(43)51/h1-30H. The van der Waals surface area contributed by atoms with Gasteiger partial charge in [0.1, 0.15) is 0 Å². The van der Waals surface area contributed by atoms with Gasteiger partial charge in [0.25, 0.3) is 0 Å². The average Bonchev–Trinajstić information content (AvgIpc) is 3.81. The fraction of sp³-hybridized carbons (Fsp3) is 0. The lowest BCUT2D eigenvalue weighted by atomic mass is 9.84. The minimum atomic E-state index is 1.23. The summed E-state index contributed by atoms with van der Waals surface area (Å²) in [5.74, 6) is 0. The van der Waals surface area contributed by atoms with Gasteiger partial charge in [-0.15, -0.1) is 22.7 Å². The Morgan fingerprint density at radius 3 is 1.56 bits per heavy atom. The Bertz CT molecular complexity index is 3430. The molecule has 0 atom stereocenters. The third kappa shape index (κ3) is 4.36. The lowest BCUT2D eigenvalue weighted by Gasteiger charge is -2.19. The molecular formula is C52H30S2. The minimum absolute atomic E-state index is 1.23. The van der Waals surface area contributed by atoms with Gasteiger partial charge in [0.05, 0.1) is 0 Å². The first-order valence-electron chi connectivity index (χ1n) is 18.5. The van der Waals surface area contributed by atoms with E-state index in [2.05, 4.69) is 182 Å². The number of hydrogen-bond donors (Lipinski definition) is 0. The summed E-state index contributed by atoms with van der Waals surface area (Å²) in [4.78, 5) is 0. The Morgan fingerprint density at radius 1 is 0.278 bits per heavy atom. The van der Waals surface area contributed by atoms with Crippen molar-refractivity contribution in [2.24, 2.45) is 0 Å². The highest BCUT2D eigenvalue weighted by molar-refractivity contribution is 7.29. The lowest BCUT2D eigenvalue weighted by Crippen LogP contribution is -1.91. The highest BCUT2D eigenvalue weighted by Gasteiger charge is 2.19. The monoisotopic (exact) mass is 718 g/mol. The molecular weight excluding hydrogens is 689 g/mol. The first kappa shape index (κ1) is 30.2. The Kier molecular flexibility index (Phi) is 6.48. The summed E-state index contributed by atoms with van der Waals surface area (Å²) in [5, 5.41) is 15.8. The van der Waals surface area contributed by atoms with Crippen molar-refractivity contribution < 1.29 is 0 Å². The number of benzene rings is 10. The van der Waals surface area contributed by atoms with Gasteiger partial charge in [-0.25, -0.2) is 0 Å². The molecule has 0 radical (unpaired) electrons.